The molecule has 1 aliphatic heterocycles. The molecule has 1 heterocycles. The summed E-state index contributed by atoms with van der Waals surface area (Å²) < 4.78 is 5.58. The van der Waals surface area contributed by atoms with E-state index in [-0.39, 0.29) is 5.41 Å². The van der Waals surface area contributed by atoms with E-state index >= 15 is 0 Å². The smallest absolute Gasteiger partial charge is 0.123 e. The SMILES string of the molecule is COc1ccc(C(C)(C)C)cc1CN[C@@H]1CCN[C@H]1c1ccccc1. The number of hydrogen-bond acceptors (Lipinski definition) is 3. The largest absolute Gasteiger partial charge is 0.496 e. The van der Waals surface area contributed by atoms with Crippen LogP contribution in [0.1, 0.15) is 49.9 Å². The molecule has 0 saturated carbocycles. The van der Waals surface area contributed by atoms with Crippen LogP contribution in [0.5, 0.6) is 5.75 Å². The zero-order valence-corrected chi connectivity index (χ0v) is 15.8. The molecule has 0 radical (unpaired) electrons. The van der Waals surface area contributed by atoms with Gasteiger partial charge in [-0.1, -0.05) is 63.2 Å². The van der Waals surface area contributed by atoms with Crippen LogP contribution >= 0.6 is 0 Å². The van der Waals surface area contributed by atoms with E-state index < -0.39 is 0 Å². The summed E-state index contributed by atoms with van der Waals surface area (Å²) in [5.74, 6) is 0.961. The van der Waals surface area contributed by atoms with E-state index in [1.165, 1.54) is 16.7 Å². The Labute approximate surface area is 151 Å². The summed E-state index contributed by atoms with van der Waals surface area (Å²) in [5.41, 5.74) is 4.07. The molecule has 2 aromatic rings. The van der Waals surface area contributed by atoms with Crippen LogP contribution in [0.4, 0.5) is 0 Å². The van der Waals surface area contributed by atoms with Gasteiger partial charge in [0.2, 0.25) is 0 Å². The Bertz CT molecular complexity index is 691. The van der Waals surface area contributed by atoms with Gasteiger partial charge >= 0.3 is 0 Å². The quantitative estimate of drug-likeness (QED) is 0.858. The third-order valence-corrected chi connectivity index (χ3v) is 5.08. The first-order valence-electron chi connectivity index (χ1n) is 9.18. The molecule has 1 aliphatic rings. The van der Waals surface area contributed by atoms with Crippen LogP contribution < -0.4 is 15.4 Å². The zero-order chi connectivity index (χ0) is 17.9. The van der Waals surface area contributed by atoms with E-state index in [2.05, 4.69) is 79.9 Å². The van der Waals surface area contributed by atoms with Gasteiger partial charge in [-0.25, -0.2) is 0 Å². The molecule has 0 bridgehead atoms. The lowest BCUT2D eigenvalue weighted by atomic mass is 9.86. The molecule has 0 unspecified atom stereocenters. The number of ether oxygens (including phenoxy) is 1. The van der Waals surface area contributed by atoms with Crippen molar-refractivity contribution in [2.45, 2.75) is 51.2 Å². The Balaban J connectivity index is 1.74. The van der Waals surface area contributed by atoms with Gasteiger partial charge in [0.1, 0.15) is 5.75 Å². The van der Waals surface area contributed by atoms with Crippen LogP contribution in [-0.2, 0) is 12.0 Å². The van der Waals surface area contributed by atoms with Gasteiger partial charge in [-0.05, 0) is 35.6 Å². The second-order valence-corrected chi connectivity index (χ2v) is 7.90. The molecule has 2 N–H and O–H groups in total. The first-order chi connectivity index (χ1) is 12.0. The second kappa shape index (κ2) is 7.59. The molecular formula is C22H30N2O. The van der Waals surface area contributed by atoms with Gasteiger partial charge in [-0.2, -0.15) is 0 Å². The number of benzene rings is 2. The van der Waals surface area contributed by atoms with Crippen molar-refractivity contribution in [3.05, 3.63) is 65.2 Å². The van der Waals surface area contributed by atoms with Gasteiger partial charge in [0.25, 0.3) is 0 Å². The van der Waals surface area contributed by atoms with Crippen LogP contribution in [0.25, 0.3) is 0 Å². The van der Waals surface area contributed by atoms with Gasteiger partial charge < -0.3 is 15.4 Å². The summed E-state index contributed by atoms with van der Waals surface area (Å²) in [6.45, 7) is 8.62. The average Bonchev–Trinajstić information content (AvgIpc) is 3.08. The first-order valence-corrected chi connectivity index (χ1v) is 9.18. The van der Waals surface area contributed by atoms with Crippen LogP contribution in [0, 0.1) is 0 Å². The lowest BCUT2D eigenvalue weighted by Gasteiger charge is -2.24. The molecule has 3 nitrogen and oxygen atoms in total. The molecule has 0 spiro atoms. The third kappa shape index (κ3) is 4.23. The van der Waals surface area contributed by atoms with E-state index in [9.17, 15) is 0 Å². The second-order valence-electron chi connectivity index (χ2n) is 7.90. The van der Waals surface area contributed by atoms with Crippen LogP contribution in [-0.4, -0.2) is 19.7 Å². The molecule has 2 aromatic carbocycles. The van der Waals surface area contributed by atoms with Crippen LogP contribution in [0.15, 0.2) is 48.5 Å². The summed E-state index contributed by atoms with van der Waals surface area (Å²) in [7, 11) is 1.75. The topological polar surface area (TPSA) is 33.3 Å². The average molecular weight is 338 g/mol. The molecule has 3 rings (SSSR count). The Morgan fingerprint density at radius 1 is 1.12 bits per heavy atom. The summed E-state index contributed by atoms with van der Waals surface area (Å²) in [6, 6.07) is 18.1. The van der Waals surface area contributed by atoms with E-state index in [1.807, 2.05) is 0 Å². The van der Waals surface area contributed by atoms with E-state index in [0.717, 1.165) is 25.3 Å². The normalized spacial score (nSPS) is 20.6. The number of methoxy groups -OCH3 is 1. The fourth-order valence-electron chi connectivity index (χ4n) is 3.56. The monoisotopic (exact) mass is 338 g/mol. The highest BCUT2D eigenvalue weighted by atomic mass is 16.5. The molecule has 0 aliphatic carbocycles. The van der Waals surface area contributed by atoms with Gasteiger partial charge in [0, 0.05) is 24.2 Å². The van der Waals surface area contributed by atoms with E-state index in [0.29, 0.717) is 12.1 Å². The van der Waals surface area contributed by atoms with Crippen LogP contribution in [0.2, 0.25) is 0 Å². The zero-order valence-electron chi connectivity index (χ0n) is 15.8. The summed E-state index contributed by atoms with van der Waals surface area (Å²) in [6.07, 6.45) is 1.14. The minimum Gasteiger partial charge on any atom is -0.496 e. The van der Waals surface area contributed by atoms with Crippen molar-refractivity contribution in [1.29, 1.82) is 0 Å². The molecule has 1 fully saturated rings. The Morgan fingerprint density at radius 2 is 1.88 bits per heavy atom. The fourth-order valence-corrected chi connectivity index (χ4v) is 3.56. The lowest BCUT2D eigenvalue weighted by Crippen LogP contribution is -2.34. The Hall–Kier alpha value is -1.84. The van der Waals surface area contributed by atoms with Crippen LogP contribution in [0.3, 0.4) is 0 Å². The molecular weight excluding hydrogens is 308 g/mol. The van der Waals surface area contributed by atoms with Crippen molar-refractivity contribution < 1.29 is 4.74 Å². The highest BCUT2D eigenvalue weighted by molar-refractivity contribution is 5.39. The Morgan fingerprint density at radius 3 is 2.56 bits per heavy atom. The third-order valence-electron chi connectivity index (χ3n) is 5.08. The summed E-state index contributed by atoms with van der Waals surface area (Å²) in [4.78, 5) is 0. The fraction of sp³-hybridized carbons (Fsp3) is 0.455. The van der Waals surface area contributed by atoms with Gasteiger partial charge in [0.15, 0.2) is 0 Å². The maximum Gasteiger partial charge on any atom is 0.123 e. The van der Waals surface area contributed by atoms with Crippen molar-refractivity contribution >= 4 is 0 Å². The summed E-state index contributed by atoms with van der Waals surface area (Å²) >= 11 is 0. The molecule has 134 valence electrons. The van der Waals surface area contributed by atoms with E-state index in [1.54, 1.807) is 7.11 Å². The highest BCUT2D eigenvalue weighted by Gasteiger charge is 2.27. The van der Waals surface area contributed by atoms with Crippen molar-refractivity contribution in [3.63, 3.8) is 0 Å². The molecule has 1 saturated heterocycles. The lowest BCUT2D eigenvalue weighted by molar-refractivity contribution is 0.400. The van der Waals surface area contributed by atoms with Gasteiger partial charge in [-0.3, -0.25) is 0 Å². The Kier molecular flexibility index (Phi) is 5.45. The first kappa shape index (κ1) is 18.0. The number of nitrogens with one attached hydrogen (secondary N) is 2. The molecule has 25 heavy (non-hydrogen) atoms. The highest BCUT2D eigenvalue weighted by Crippen LogP contribution is 2.29. The number of hydrogen-bond donors (Lipinski definition) is 2. The molecule has 0 aromatic heterocycles. The molecule has 3 heteroatoms. The standard InChI is InChI=1S/C22H30N2O/c1-22(2,3)18-10-11-20(25-4)17(14-18)15-24-19-12-13-23-21(19)16-8-6-5-7-9-16/h5-11,14,19,21,23-24H,12-13,15H2,1-4H3/t19-,21+/m1/s1. The molecule has 0 amide bonds. The predicted octanol–water partition coefficient (Wildman–Crippen LogP) is 4.19. The van der Waals surface area contributed by atoms with Crippen molar-refractivity contribution in [1.82, 2.24) is 10.6 Å². The minimum absolute atomic E-state index is 0.141. The van der Waals surface area contributed by atoms with E-state index in [4.69, 9.17) is 4.74 Å². The predicted molar refractivity (Wildman–Crippen MR) is 104 cm³/mol. The van der Waals surface area contributed by atoms with Gasteiger partial charge in [0.05, 0.1) is 7.11 Å². The summed E-state index contributed by atoms with van der Waals surface area (Å²) in [5, 5.41) is 7.39. The maximum absolute atomic E-state index is 5.58. The van der Waals surface area contributed by atoms with Crippen molar-refractivity contribution in [3.8, 4) is 5.75 Å². The van der Waals surface area contributed by atoms with Crippen molar-refractivity contribution in [2.75, 3.05) is 13.7 Å². The minimum atomic E-state index is 0.141. The molecule has 2 atom stereocenters. The van der Waals surface area contributed by atoms with Gasteiger partial charge in [-0.15, -0.1) is 0 Å². The number of rotatable bonds is 5. The van der Waals surface area contributed by atoms with Crippen molar-refractivity contribution in [2.24, 2.45) is 0 Å². The maximum atomic E-state index is 5.58.